The molecule has 0 bridgehead atoms. The fourth-order valence-electron chi connectivity index (χ4n) is 1.69. The number of nitrogens with zero attached hydrogens (tertiary/aromatic N) is 1. The lowest BCUT2D eigenvalue weighted by molar-refractivity contribution is 0.240. The summed E-state index contributed by atoms with van der Waals surface area (Å²) in [4.78, 5) is 13.6. The summed E-state index contributed by atoms with van der Waals surface area (Å²) in [6, 6.07) is 5.24. The normalized spacial score (nSPS) is 10.7. The predicted molar refractivity (Wildman–Crippen MR) is 84.7 cm³/mol. The van der Waals surface area contributed by atoms with Gasteiger partial charge in [-0.1, -0.05) is 29.3 Å². The molecule has 0 heterocycles. The van der Waals surface area contributed by atoms with Gasteiger partial charge < -0.3 is 15.5 Å². The minimum atomic E-state index is -0.145. The van der Waals surface area contributed by atoms with Crippen molar-refractivity contribution in [1.29, 1.82) is 0 Å². The Morgan fingerprint density at radius 3 is 2.55 bits per heavy atom. The van der Waals surface area contributed by atoms with Crippen LogP contribution in [0.1, 0.15) is 12.0 Å². The molecule has 1 rings (SSSR count). The summed E-state index contributed by atoms with van der Waals surface area (Å²) in [6.45, 7) is 2.17. The van der Waals surface area contributed by atoms with Crippen LogP contribution in [0.3, 0.4) is 0 Å². The van der Waals surface area contributed by atoms with Crippen LogP contribution < -0.4 is 10.6 Å². The molecule has 0 saturated heterocycles. The highest BCUT2D eigenvalue weighted by Gasteiger charge is 2.03. The zero-order valence-corrected chi connectivity index (χ0v) is 13.4. The van der Waals surface area contributed by atoms with Crippen LogP contribution in [0.15, 0.2) is 18.2 Å². The minimum Gasteiger partial charge on any atom is -0.338 e. The van der Waals surface area contributed by atoms with Gasteiger partial charge in [0.15, 0.2) is 0 Å². The Bertz CT molecular complexity index is 438. The number of carbonyl (C=O) groups excluding carboxylic acids is 1. The molecule has 0 saturated carbocycles. The van der Waals surface area contributed by atoms with Crippen LogP contribution >= 0.6 is 23.2 Å². The van der Waals surface area contributed by atoms with E-state index >= 15 is 0 Å². The van der Waals surface area contributed by atoms with E-state index in [1.807, 2.05) is 20.2 Å². The number of benzene rings is 1. The third-order valence-electron chi connectivity index (χ3n) is 2.76. The van der Waals surface area contributed by atoms with Gasteiger partial charge in [-0.25, -0.2) is 4.79 Å². The molecule has 0 spiro atoms. The Balaban J connectivity index is 2.18. The lowest BCUT2D eigenvalue weighted by atomic mass is 10.1. The molecule has 0 aliphatic rings. The third kappa shape index (κ3) is 6.98. The molecule has 6 heteroatoms. The SMILES string of the molecule is CN(C)CCCNC(=O)NCCc1ccc(Cl)cc1Cl. The smallest absolute Gasteiger partial charge is 0.314 e. The lowest BCUT2D eigenvalue weighted by Crippen LogP contribution is -2.37. The first-order chi connectivity index (χ1) is 9.49. The Morgan fingerprint density at radius 1 is 1.20 bits per heavy atom. The number of urea groups is 1. The van der Waals surface area contributed by atoms with E-state index in [2.05, 4.69) is 15.5 Å². The molecule has 0 fully saturated rings. The van der Waals surface area contributed by atoms with Gasteiger partial charge in [0.05, 0.1) is 0 Å². The molecule has 0 aliphatic heterocycles. The molecular weight excluding hydrogens is 297 g/mol. The van der Waals surface area contributed by atoms with E-state index in [1.54, 1.807) is 12.1 Å². The van der Waals surface area contributed by atoms with Gasteiger partial charge in [0, 0.05) is 23.1 Å². The van der Waals surface area contributed by atoms with Crippen LogP contribution in [-0.2, 0) is 6.42 Å². The Morgan fingerprint density at radius 2 is 1.90 bits per heavy atom. The van der Waals surface area contributed by atoms with E-state index in [4.69, 9.17) is 23.2 Å². The Kier molecular flexibility index (Phi) is 7.73. The van der Waals surface area contributed by atoms with Gasteiger partial charge in [-0.2, -0.15) is 0 Å². The summed E-state index contributed by atoms with van der Waals surface area (Å²) in [6.07, 6.45) is 1.62. The van der Waals surface area contributed by atoms with Gasteiger partial charge in [0.25, 0.3) is 0 Å². The first-order valence-electron chi connectivity index (χ1n) is 6.59. The first-order valence-corrected chi connectivity index (χ1v) is 7.35. The van der Waals surface area contributed by atoms with Crippen LogP contribution in [0.5, 0.6) is 0 Å². The fourth-order valence-corrected chi connectivity index (χ4v) is 2.20. The van der Waals surface area contributed by atoms with Gasteiger partial charge >= 0.3 is 6.03 Å². The van der Waals surface area contributed by atoms with E-state index in [0.29, 0.717) is 29.6 Å². The summed E-state index contributed by atoms with van der Waals surface area (Å²) < 4.78 is 0. The van der Waals surface area contributed by atoms with E-state index in [1.165, 1.54) is 0 Å². The first kappa shape index (κ1) is 17.1. The van der Waals surface area contributed by atoms with Gasteiger partial charge in [0.1, 0.15) is 0 Å². The van der Waals surface area contributed by atoms with E-state index in [0.717, 1.165) is 18.5 Å². The van der Waals surface area contributed by atoms with Crippen molar-refractivity contribution in [2.24, 2.45) is 0 Å². The molecule has 2 amide bonds. The molecule has 20 heavy (non-hydrogen) atoms. The van der Waals surface area contributed by atoms with Crippen LogP contribution in [0.25, 0.3) is 0 Å². The second-order valence-electron chi connectivity index (χ2n) is 4.83. The van der Waals surface area contributed by atoms with Crippen molar-refractivity contribution in [3.8, 4) is 0 Å². The summed E-state index contributed by atoms with van der Waals surface area (Å²) in [5, 5.41) is 6.87. The molecule has 1 aromatic carbocycles. The second-order valence-corrected chi connectivity index (χ2v) is 5.67. The van der Waals surface area contributed by atoms with Crippen LogP contribution in [0, 0.1) is 0 Å². The summed E-state index contributed by atoms with van der Waals surface area (Å²) >= 11 is 11.9. The number of amides is 2. The number of rotatable bonds is 7. The van der Waals surface area contributed by atoms with E-state index in [-0.39, 0.29) is 6.03 Å². The summed E-state index contributed by atoms with van der Waals surface area (Å²) in [7, 11) is 4.02. The minimum absolute atomic E-state index is 0.145. The highest BCUT2D eigenvalue weighted by atomic mass is 35.5. The highest BCUT2D eigenvalue weighted by Crippen LogP contribution is 2.20. The second kappa shape index (κ2) is 9.06. The maximum Gasteiger partial charge on any atom is 0.314 e. The van der Waals surface area contributed by atoms with Gasteiger partial charge in [0.2, 0.25) is 0 Å². The van der Waals surface area contributed by atoms with Crippen LogP contribution in [0.2, 0.25) is 10.0 Å². The van der Waals surface area contributed by atoms with Crippen LogP contribution in [-0.4, -0.2) is 44.7 Å². The van der Waals surface area contributed by atoms with Crippen LogP contribution in [0.4, 0.5) is 4.79 Å². The average Bonchev–Trinajstić information content (AvgIpc) is 2.37. The molecule has 0 aromatic heterocycles. The molecule has 1 aromatic rings. The molecule has 0 aliphatic carbocycles. The average molecular weight is 318 g/mol. The van der Waals surface area contributed by atoms with Gasteiger partial charge in [-0.3, -0.25) is 0 Å². The van der Waals surface area contributed by atoms with Crippen molar-refractivity contribution in [3.63, 3.8) is 0 Å². The monoisotopic (exact) mass is 317 g/mol. The Hall–Kier alpha value is -0.970. The maximum absolute atomic E-state index is 11.5. The number of nitrogens with one attached hydrogen (secondary N) is 2. The summed E-state index contributed by atoms with van der Waals surface area (Å²) in [5.41, 5.74) is 0.976. The van der Waals surface area contributed by atoms with Crippen molar-refractivity contribution in [2.75, 3.05) is 33.7 Å². The number of halogens is 2. The number of hydrogen-bond acceptors (Lipinski definition) is 2. The van der Waals surface area contributed by atoms with E-state index in [9.17, 15) is 4.79 Å². The topological polar surface area (TPSA) is 44.4 Å². The van der Waals surface area contributed by atoms with Crippen molar-refractivity contribution in [2.45, 2.75) is 12.8 Å². The van der Waals surface area contributed by atoms with Crippen molar-refractivity contribution in [3.05, 3.63) is 33.8 Å². The molecule has 2 N–H and O–H groups in total. The zero-order valence-electron chi connectivity index (χ0n) is 11.9. The largest absolute Gasteiger partial charge is 0.338 e. The quantitative estimate of drug-likeness (QED) is 0.759. The molecular formula is C14H21Cl2N3O. The van der Waals surface area contributed by atoms with E-state index < -0.39 is 0 Å². The van der Waals surface area contributed by atoms with Crippen molar-refractivity contribution >= 4 is 29.2 Å². The zero-order chi connectivity index (χ0) is 15.0. The van der Waals surface area contributed by atoms with Crippen molar-refractivity contribution in [1.82, 2.24) is 15.5 Å². The highest BCUT2D eigenvalue weighted by molar-refractivity contribution is 6.35. The van der Waals surface area contributed by atoms with Crippen molar-refractivity contribution < 1.29 is 4.79 Å². The molecule has 0 unspecified atom stereocenters. The standard InChI is InChI=1S/C14H21Cl2N3O/c1-19(2)9-3-7-17-14(20)18-8-6-11-4-5-12(15)10-13(11)16/h4-5,10H,3,6-9H2,1-2H3,(H2,17,18,20). The maximum atomic E-state index is 11.5. The fraction of sp³-hybridized carbons (Fsp3) is 0.500. The predicted octanol–water partition coefficient (Wildman–Crippen LogP) is 2.79. The lowest BCUT2D eigenvalue weighted by Gasteiger charge is -2.11. The molecule has 0 atom stereocenters. The molecule has 112 valence electrons. The van der Waals surface area contributed by atoms with Gasteiger partial charge in [-0.15, -0.1) is 0 Å². The third-order valence-corrected chi connectivity index (χ3v) is 3.35. The summed E-state index contributed by atoms with van der Waals surface area (Å²) in [5.74, 6) is 0. The molecule has 4 nitrogen and oxygen atoms in total. The number of carbonyl (C=O) groups is 1. The number of hydrogen-bond donors (Lipinski definition) is 2. The van der Waals surface area contributed by atoms with Gasteiger partial charge in [-0.05, 0) is 51.2 Å². The Labute approximate surface area is 130 Å². The molecule has 0 radical (unpaired) electrons.